The molecule has 0 aromatic heterocycles. The van der Waals surface area contributed by atoms with E-state index in [9.17, 15) is 4.39 Å². The molecule has 1 saturated heterocycles. The van der Waals surface area contributed by atoms with Gasteiger partial charge in [-0.1, -0.05) is 0 Å². The lowest BCUT2D eigenvalue weighted by Gasteiger charge is -2.30. The van der Waals surface area contributed by atoms with Crippen LogP contribution in [0.3, 0.4) is 0 Å². The lowest BCUT2D eigenvalue weighted by atomic mass is 10.0. The van der Waals surface area contributed by atoms with Crippen LogP contribution in [0.5, 0.6) is 0 Å². The highest BCUT2D eigenvalue weighted by molar-refractivity contribution is 9.10. The number of nitrogens with one attached hydrogen (secondary N) is 1. The standard InChI is InChI=1S/C13H15BrFN3/c1-18-4-2-10(3-5-18)17-13-7-11(14)9(8-16)6-12(13)15/h6-7,10,17H,2-5H2,1H3. The first kappa shape index (κ1) is 13.3. The maximum absolute atomic E-state index is 13.8. The van der Waals surface area contributed by atoms with Crippen molar-refractivity contribution in [2.45, 2.75) is 18.9 Å². The molecule has 1 heterocycles. The van der Waals surface area contributed by atoms with E-state index in [2.05, 4.69) is 33.2 Å². The SMILES string of the molecule is CN1CCC(Nc2cc(Br)c(C#N)cc2F)CC1. The molecule has 1 aromatic carbocycles. The average Bonchev–Trinajstić information content (AvgIpc) is 2.36. The first-order chi connectivity index (χ1) is 8.60. The van der Waals surface area contributed by atoms with Gasteiger partial charge in [-0.2, -0.15) is 5.26 Å². The van der Waals surface area contributed by atoms with Gasteiger partial charge in [-0.05, 0) is 61.0 Å². The summed E-state index contributed by atoms with van der Waals surface area (Å²) in [6, 6.07) is 5.16. The highest BCUT2D eigenvalue weighted by Crippen LogP contribution is 2.26. The average molecular weight is 312 g/mol. The van der Waals surface area contributed by atoms with Gasteiger partial charge in [0.2, 0.25) is 0 Å². The fourth-order valence-corrected chi connectivity index (χ4v) is 2.55. The zero-order valence-electron chi connectivity index (χ0n) is 10.2. The minimum Gasteiger partial charge on any atom is -0.380 e. The van der Waals surface area contributed by atoms with Crippen LogP contribution in [0.2, 0.25) is 0 Å². The molecule has 1 aliphatic rings. The molecular formula is C13H15BrFN3. The van der Waals surface area contributed by atoms with E-state index < -0.39 is 0 Å². The molecule has 0 radical (unpaired) electrons. The number of hydrogen-bond donors (Lipinski definition) is 1. The minimum atomic E-state index is -0.367. The fraction of sp³-hybridized carbons (Fsp3) is 0.462. The van der Waals surface area contributed by atoms with Crippen molar-refractivity contribution in [3.63, 3.8) is 0 Å². The van der Waals surface area contributed by atoms with Gasteiger partial charge < -0.3 is 10.2 Å². The lowest BCUT2D eigenvalue weighted by Crippen LogP contribution is -2.36. The summed E-state index contributed by atoms with van der Waals surface area (Å²) in [5.74, 6) is -0.367. The predicted octanol–water partition coefficient (Wildman–Crippen LogP) is 2.97. The maximum atomic E-state index is 13.8. The molecule has 1 aliphatic heterocycles. The normalized spacial score (nSPS) is 17.4. The van der Waals surface area contributed by atoms with E-state index in [0.717, 1.165) is 25.9 Å². The Morgan fingerprint density at radius 1 is 1.44 bits per heavy atom. The predicted molar refractivity (Wildman–Crippen MR) is 73.0 cm³/mol. The van der Waals surface area contributed by atoms with Crippen molar-refractivity contribution >= 4 is 21.6 Å². The fourth-order valence-electron chi connectivity index (χ4n) is 2.12. The van der Waals surface area contributed by atoms with Crippen LogP contribution < -0.4 is 5.32 Å². The number of piperidine rings is 1. The van der Waals surface area contributed by atoms with Crippen molar-refractivity contribution in [1.82, 2.24) is 4.90 Å². The molecule has 96 valence electrons. The Morgan fingerprint density at radius 2 is 2.11 bits per heavy atom. The van der Waals surface area contributed by atoms with E-state index in [1.54, 1.807) is 6.07 Å². The van der Waals surface area contributed by atoms with Crippen LogP contribution in [-0.2, 0) is 0 Å². The number of rotatable bonds is 2. The second-order valence-electron chi connectivity index (χ2n) is 4.65. The molecule has 18 heavy (non-hydrogen) atoms. The molecule has 2 rings (SSSR count). The molecule has 0 saturated carbocycles. The van der Waals surface area contributed by atoms with E-state index in [4.69, 9.17) is 5.26 Å². The van der Waals surface area contributed by atoms with Gasteiger partial charge >= 0.3 is 0 Å². The van der Waals surface area contributed by atoms with E-state index in [-0.39, 0.29) is 5.82 Å². The van der Waals surface area contributed by atoms with Crippen molar-refractivity contribution in [3.05, 3.63) is 28.0 Å². The zero-order valence-corrected chi connectivity index (χ0v) is 11.8. The molecule has 1 aromatic rings. The number of likely N-dealkylation sites (tertiary alicyclic amines) is 1. The Balaban J connectivity index is 2.10. The molecule has 0 bridgehead atoms. The molecule has 1 N–H and O–H groups in total. The molecule has 5 heteroatoms. The number of benzene rings is 1. The Bertz CT molecular complexity index is 476. The van der Waals surface area contributed by atoms with Crippen molar-refractivity contribution in [3.8, 4) is 6.07 Å². The van der Waals surface area contributed by atoms with Crippen LogP contribution >= 0.6 is 15.9 Å². The van der Waals surface area contributed by atoms with Crippen molar-refractivity contribution in [2.24, 2.45) is 0 Å². The molecule has 3 nitrogen and oxygen atoms in total. The third-order valence-corrected chi connectivity index (χ3v) is 3.91. The largest absolute Gasteiger partial charge is 0.380 e. The Hall–Kier alpha value is -1.12. The summed E-state index contributed by atoms with van der Waals surface area (Å²) in [5.41, 5.74) is 0.789. The highest BCUT2D eigenvalue weighted by Gasteiger charge is 2.18. The summed E-state index contributed by atoms with van der Waals surface area (Å²) < 4.78 is 14.4. The quantitative estimate of drug-likeness (QED) is 0.912. The monoisotopic (exact) mass is 311 g/mol. The zero-order chi connectivity index (χ0) is 13.1. The molecule has 1 fully saturated rings. The number of anilines is 1. The summed E-state index contributed by atoms with van der Waals surface area (Å²) >= 11 is 3.28. The first-order valence-corrected chi connectivity index (χ1v) is 6.73. The van der Waals surface area contributed by atoms with Crippen LogP contribution in [-0.4, -0.2) is 31.1 Å². The molecule has 0 spiro atoms. The molecule has 0 aliphatic carbocycles. The van der Waals surface area contributed by atoms with Gasteiger partial charge in [-0.25, -0.2) is 4.39 Å². The third-order valence-electron chi connectivity index (χ3n) is 3.26. The maximum Gasteiger partial charge on any atom is 0.147 e. The van der Waals surface area contributed by atoms with E-state index in [0.29, 0.717) is 21.8 Å². The Morgan fingerprint density at radius 3 is 2.72 bits per heavy atom. The van der Waals surface area contributed by atoms with Gasteiger partial charge in [-0.3, -0.25) is 0 Å². The molecular weight excluding hydrogens is 297 g/mol. The van der Waals surface area contributed by atoms with E-state index in [1.807, 2.05) is 6.07 Å². The second kappa shape index (κ2) is 5.68. The highest BCUT2D eigenvalue weighted by atomic mass is 79.9. The summed E-state index contributed by atoms with van der Waals surface area (Å²) in [6.45, 7) is 2.05. The van der Waals surface area contributed by atoms with Gasteiger partial charge in [-0.15, -0.1) is 0 Å². The van der Waals surface area contributed by atoms with Gasteiger partial charge in [0.05, 0.1) is 11.3 Å². The van der Waals surface area contributed by atoms with Crippen LogP contribution in [0.15, 0.2) is 16.6 Å². The van der Waals surface area contributed by atoms with Crippen LogP contribution in [0, 0.1) is 17.1 Å². The van der Waals surface area contributed by atoms with Crippen LogP contribution in [0.4, 0.5) is 10.1 Å². The number of hydrogen-bond acceptors (Lipinski definition) is 3. The second-order valence-corrected chi connectivity index (χ2v) is 5.50. The van der Waals surface area contributed by atoms with Gasteiger partial charge in [0.25, 0.3) is 0 Å². The van der Waals surface area contributed by atoms with Gasteiger partial charge in [0, 0.05) is 10.5 Å². The number of nitrogens with zero attached hydrogens (tertiary/aromatic N) is 2. The number of halogens is 2. The van der Waals surface area contributed by atoms with Crippen molar-refractivity contribution in [1.29, 1.82) is 5.26 Å². The summed E-state index contributed by atoms with van der Waals surface area (Å²) in [7, 11) is 2.09. The number of nitriles is 1. The Kier molecular flexibility index (Phi) is 4.20. The third kappa shape index (κ3) is 3.01. The summed E-state index contributed by atoms with van der Waals surface area (Å²) in [6.07, 6.45) is 2.02. The summed E-state index contributed by atoms with van der Waals surface area (Å²) in [5, 5.41) is 12.0. The van der Waals surface area contributed by atoms with E-state index >= 15 is 0 Å². The van der Waals surface area contributed by atoms with E-state index in [1.165, 1.54) is 6.07 Å². The molecule has 0 amide bonds. The smallest absolute Gasteiger partial charge is 0.147 e. The van der Waals surface area contributed by atoms with Crippen LogP contribution in [0.25, 0.3) is 0 Å². The summed E-state index contributed by atoms with van der Waals surface area (Å²) in [4.78, 5) is 2.27. The first-order valence-electron chi connectivity index (χ1n) is 5.94. The van der Waals surface area contributed by atoms with Crippen molar-refractivity contribution in [2.75, 3.05) is 25.5 Å². The van der Waals surface area contributed by atoms with Gasteiger partial charge in [0.1, 0.15) is 11.9 Å². The molecule has 0 atom stereocenters. The lowest BCUT2D eigenvalue weighted by molar-refractivity contribution is 0.263. The van der Waals surface area contributed by atoms with Gasteiger partial charge in [0.15, 0.2) is 0 Å². The minimum absolute atomic E-state index is 0.301. The topological polar surface area (TPSA) is 39.1 Å². The molecule has 0 unspecified atom stereocenters. The van der Waals surface area contributed by atoms with Crippen molar-refractivity contribution < 1.29 is 4.39 Å². The Labute approximate surface area is 115 Å². The van der Waals surface area contributed by atoms with Crippen LogP contribution in [0.1, 0.15) is 18.4 Å².